The molecule has 2 amide bonds. The minimum absolute atomic E-state index is 0.0927. The number of nitrogens with zero attached hydrogens (tertiary/aromatic N) is 4. The Labute approximate surface area is 162 Å². The lowest BCUT2D eigenvalue weighted by Crippen LogP contribution is -2.47. The summed E-state index contributed by atoms with van der Waals surface area (Å²) in [7, 11) is 1.85. The van der Waals surface area contributed by atoms with Crippen LogP contribution in [-0.4, -0.2) is 85.4 Å². The molecule has 3 rings (SSSR count). The van der Waals surface area contributed by atoms with Gasteiger partial charge in [-0.15, -0.1) is 0 Å². The Bertz CT molecular complexity index is 645. The highest BCUT2D eigenvalue weighted by molar-refractivity contribution is 5.94. The van der Waals surface area contributed by atoms with Crippen molar-refractivity contribution in [3.63, 3.8) is 0 Å². The summed E-state index contributed by atoms with van der Waals surface area (Å²) in [6.07, 6.45) is 1.70. The highest BCUT2D eigenvalue weighted by Crippen LogP contribution is 2.21. The number of likely N-dealkylation sites (N-methyl/N-ethyl adjacent to an activating group) is 1. The van der Waals surface area contributed by atoms with Crippen LogP contribution in [0.1, 0.15) is 37.0 Å². The van der Waals surface area contributed by atoms with Crippen LogP contribution in [0.4, 0.5) is 5.69 Å². The number of rotatable bonds is 4. The molecule has 1 aromatic carbocycles. The van der Waals surface area contributed by atoms with Crippen LogP contribution in [0.15, 0.2) is 24.3 Å². The Morgan fingerprint density at radius 2 is 1.59 bits per heavy atom. The highest BCUT2D eigenvalue weighted by Gasteiger charge is 2.27. The van der Waals surface area contributed by atoms with Crippen molar-refractivity contribution in [1.82, 2.24) is 14.7 Å². The molecule has 0 spiro atoms. The topological polar surface area (TPSA) is 47.1 Å². The summed E-state index contributed by atoms with van der Waals surface area (Å²) < 4.78 is 0. The predicted molar refractivity (Wildman–Crippen MR) is 108 cm³/mol. The highest BCUT2D eigenvalue weighted by atomic mass is 16.2. The van der Waals surface area contributed by atoms with Gasteiger partial charge in [0.05, 0.1) is 0 Å². The van der Waals surface area contributed by atoms with Gasteiger partial charge >= 0.3 is 0 Å². The molecule has 148 valence electrons. The second-order valence-electron chi connectivity index (χ2n) is 7.62. The molecule has 0 bridgehead atoms. The van der Waals surface area contributed by atoms with Crippen molar-refractivity contribution >= 4 is 17.5 Å². The number of anilines is 1. The molecule has 0 saturated carbocycles. The molecular weight excluding hydrogens is 340 g/mol. The first kappa shape index (κ1) is 19.7. The van der Waals surface area contributed by atoms with Gasteiger partial charge in [-0.25, -0.2) is 0 Å². The number of carbonyl (C=O) groups excluding carboxylic acids is 2. The van der Waals surface area contributed by atoms with Gasteiger partial charge in [0, 0.05) is 70.5 Å². The maximum atomic E-state index is 12.8. The van der Waals surface area contributed by atoms with Crippen LogP contribution < -0.4 is 4.90 Å². The zero-order valence-corrected chi connectivity index (χ0v) is 16.9. The van der Waals surface area contributed by atoms with Crippen molar-refractivity contribution in [3.8, 4) is 0 Å². The lowest BCUT2D eigenvalue weighted by Gasteiger charge is -2.36. The van der Waals surface area contributed by atoms with Crippen LogP contribution in [0.5, 0.6) is 0 Å². The van der Waals surface area contributed by atoms with Crippen LogP contribution in [0.3, 0.4) is 0 Å². The minimum atomic E-state index is 0.0927. The smallest absolute Gasteiger partial charge is 0.253 e. The summed E-state index contributed by atoms with van der Waals surface area (Å²) in [5, 5.41) is 0. The third-order valence-corrected chi connectivity index (χ3v) is 6.10. The largest absolute Gasteiger partial charge is 0.369 e. The van der Waals surface area contributed by atoms with Gasteiger partial charge < -0.3 is 19.6 Å². The molecule has 2 aliphatic heterocycles. The fraction of sp³-hybridized carbons (Fsp3) is 0.619. The van der Waals surface area contributed by atoms with E-state index in [0.29, 0.717) is 13.1 Å². The maximum Gasteiger partial charge on any atom is 0.253 e. The number of hydrogen-bond acceptors (Lipinski definition) is 4. The molecule has 6 heteroatoms. The average molecular weight is 373 g/mol. The molecular formula is C21H32N4O2. The Hall–Kier alpha value is -2.08. The van der Waals surface area contributed by atoms with E-state index >= 15 is 0 Å². The quantitative estimate of drug-likeness (QED) is 0.810. The van der Waals surface area contributed by atoms with Crippen LogP contribution in [-0.2, 0) is 4.79 Å². The Balaban J connectivity index is 1.55. The van der Waals surface area contributed by atoms with Gasteiger partial charge in [0.15, 0.2) is 0 Å². The van der Waals surface area contributed by atoms with Gasteiger partial charge in [-0.05, 0) is 43.7 Å². The second-order valence-corrected chi connectivity index (χ2v) is 7.62. The van der Waals surface area contributed by atoms with Crippen LogP contribution in [0, 0.1) is 0 Å². The molecule has 0 aromatic heterocycles. The molecule has 0 atom stereocenters. The standard InChI is InChI=1S/C21H32N4O2/c1-4-23-13-15-24(16-14-23)20-7-5-18(6-8-20)21(27)25-11-9-19(10-12-25)22(3)17(2)26/h5-8,19H,4,9-16H2,1-3H3. The van der Waals surface area contributed by atoms with E-state index in [4.69, 9.17) is 0 Å². The molecule has 0 aliphatic carbocycles. The van der Waals surface area contributed by atoms with E-state index in [2.05, 4.69) is 28.9 Å². The fourth-order valence-corrected chi connectivity index (χ4v) is 4.03. The summed E-state index contributed by atoms with van der Waals surface area (Å²) in [4.78, 5) is 32.9. The van der Waals surface area contributed by atoms with Gasteiger partial charge in [0.2, 0.25) is 5.91 Å². The monoisotopic (exact) mass is 372 g/mol. The minimum Gasteiger partial charge on any atom is -0.369 e. The fourth-order valence-electron chi connectivity index (χ4n) is 4.03. The SMILES string of the molecule is CCN1CCN(c2ccc(C(=O)N3CCC(N(C)C(C)=O)CC3)cc2)CC1. The molecule has 2 fully saturated rings. The Kier molecular flexibility index (Phi) is 6.37. The van der Waals surface area contributed by atoms with Gasteiger partial charge in [-0.1, -0.05) is 6.92 Å². The molecule has 2 aliphatic rings. The molecule has 6 nitrogen and oxygen atoms in total. The first-order valence-electron chi connectivity index (χ1n) is 10.1. The van der Waals surface area contributed by atoms with Crippen molar-refractivity contribution in [2.24, 2.45) is 0 Å². The second kappa shape index (κ2) is 8.74. The van der Waals surface area contributed by atoms with Crippen molar-refractivity contribution in [1.29, 1.82) is 0 Å². The van der Waals surface area contributed by atoms with Crippen LogP contribution in [0.25, 0.3) is 0 Å². The molecule has 0 radical (unpaired) electrons. The number of amides is 2. The van der Waals surface area contributed by atoms with Gasteiger partial charge in [0.1, 0.15) is 0 Å². The number of likely N-dealkylation sites (tertiary alicyclic amines) is 1. The van der Waals surface area contributed by atoms with E-state index in [1.54, 1.807) is 11.8 Å². The summed E-state index contributed by atoms with van der Waals surface area (Å²) in [5.74, 6) is 0.191. The van der Waals surface area contributed by atoms with Crippen molar-refractivity contribution in [3.05, 3.63) is 29.8 Å². The molecule has 2 heterocycles. The summed E-state index contributed by atoms with van der Waals surface area (Å²) >= 11 is 0. The number of hydrogen-bond donors (Lipinski definition) is 0. The van der Waals surface area contributed by atoms with Crippen molar-refractivity contribution in [2.75, 3.05) is 57.8 Å². The van der Waals surface area contributed by atoms with E-state index in [9.17, 15) is 9.59 Å². The summed E-state index contributed by atoms with van der Waals surface area (Å²) in [6, 6.07) is 8.31. The third kappa shape index (κ3) is 4.61. The molecule has 0 unspecified atom stereocenters. The molecule has 27 heavy (non-hydrogen) atoms. The molecule has 2 saturated heterocycles. The zero-order chi connectivity index (χ0) is 19.4. The van der Waals surface area contributed by atoms with Crippen LogP contribution >= 0.6 is 0 Å². The Morgan fingerprint density at radius 1 is 1.00 bits per heavy atom. The van der Waals surface area contributed by atoms with E-state index < -0.39 is 0 Å². The molecule has 1 aromatic rings. The summed E-state index contributed by atoms with van der Waals surface area (Å²) in [6.45, 7) is 10.6. The van der Waals surface area contributed by atoms with Gasteiger partial charge in [-0.3, -0.25) is 9.59 Å². The number of piperidine rings is 1. The van der Waals surface area contributed by atoms with Crippen molar-refractivity contribution < 1.29 is 9.59 Å². The average Bonchev–Trinajstić information content (AvgIpc) is 2.73. The van der Waals surface area contributed by atoms with E-state index in [-0.39, 0.29) is 17.9 Å². The van der Waals surface area contributed by atoms with Crippen LogP contribution in [0.2, 0.25) is 0 Å². The van der Waals surface area contributed by atoms with Crippen molar-refractivity contribution in [2.45, 2.75) is 32.7 Å². The maximum absolute atomic E-state index is 12.8. The molecule has 0 N–H and O–H groups in total. The number of piperazine rings is 1. The lowest BCUT2D eigenvalue weighted by atomic mass is 10.0. The lowest BCUT2D eigenvalue weighted by molar-refractivity contribution is -0.130. The first-order chi connectivity index (χ1) is 13.0. The van der Waals surface area contributed by atoms with Gasteiger partial charge in [-0.2, -0.15) is 0 Å². The normalized spacial score (nSPS) is 19.2. The first-order valence-corrected chi connectivity index (χ1v) is 10.1. The number of benzene rings is 1. The Morgan fingerprint density at radius 3 is 2.11 bits per heavy atom. The van der Waals surface area contributed by atoms with Gasteiger partial charge in [0.25, 0.3) is 5.91 Å². The van der Waals surface area contributed by atoms with E-state index in [0.717, 1.165) is 51.1 Å². The van der Waals surface area contributed by atoms with E-state index in [1.807, 2.05) is 24.1 Å². The predicted octanol–water partition coefficient (Wildman–Crippen LogP) is 1.91. The van der Waals surface area contributed by atoms with E-state index in [1.165, 1.54) is 5.69 Å². The zero-order valence-electron chi connectivity index (χ0n) is 16.9. The third-order valence-electron chi connectivity index (χ3n) is 6.10. The number of carbonyl (C=O) groups is 2. The summed E-state index contributed by atoms with van der Waals surface area (Å²) in [5.41, 5.74) is 1.95.